The smallest absolute Gasteiger partial charge is 0.273 e. The summed E-state index contributed by atoms with van der Waals surface area (Å²) in [5, 5.41) is 14.9. The number of nitrogens with zero attached hydrogens (tertiary/aromatic N) is 3. The molecule has 4 aromatic rings. The second-order valence-electron chi connectivity index (χ2n) is 11.3. The summed E-state index contributed by atoms with van der Waals surface area (Å²) in [5.41, 5.74) is 3.09. The van der Waals surface area contributed by atoms with E-state index in [1.54, 1.807) is 39.3 Å². The van der Waals surface area contributed by atoms with Gasteiger partial charge in [-0.15, -0.1) is 0 Å². The first-order valence-electron chi connectivity index (χ1n) is 14.2. The Hall–Kier alpha value is -4.29. The second kappa shape index (κ2) is 12.4. The third-order valence-corrected chi connectivity index (χ3v) is 8.72. The molecule has 1 aliphatic heterocycles. The van der Waals surface area contributed by atoms with Crippen LogP contribution in [0.5, 0.6) is 11.5 Å². The van der Waals surface area contributed by atoms with Gasteiger partial charge in [-0.2, -0.15) is 0 Å². The molecule has 2 N–H and O–H groups in total. The normalized spacial score (nSPS) is 14.2. The molecule has 0 bridgehead atoms. The van der Waals surface area contributed by atoms with Crippen LogP contribution in [0.2, 0.25) is 0 Å². The van der Waals surface area contributed by atoms with Gasteiger partial charge in [0.05, 0.1) is 35.6 Å². The van der Waals surface area contributed by atoms with Gasteiger partial charge in [-0.3, -0.25) is 24.6 Å². The summed E-state index contributed by atoms with van der Waals surface area (Å²) < 4.78 is 11.4. The van der Waals surface area contributed by atoms with Crippen molar-refractivity contribution in [3.8, 4) is 22.9 Å². The monoisotopic (exact) mass is 663 g/mol. The number of carbonyl (C=O) groups is 2. The van der Waals surface area contributed by atoms with Crippen molar-refractivity contribution in [1.29, 1.82) is 0 Å². The fourth-order valence-electron chi connectivity index (χ4n) is 5.59. The summed E-state index contributed by atoms with van der Waals surface area (Å²) in [6.07, 6.45) is 1.32. The molecule has 230 valence electrons. The standard InChI is InChI=1S/C32H34BrN5O6/c1-18-7-8-20(15-24(18)38(41)42)29-35-27-23(33)17-22-26(28(27)36-29)30(39)37(31(40)32(22,2)3)14-6-12-34-13-11-19-9-10-21(43-4)16-25(19)44-5/h7-10,15-17,34H,6,11-14H2,1-5H3,(H,35,36). The van der Waals surface area contributed by atoms with E-state index in [0.29, 0.717) is 63.1 Å². The molecular formula is C32H34BrN5O6. The number of aromatic nitrogens is 2. The molecule has 2 heterocycles. The van der Waals surface area contributed by atoms with Gasteiger partial charge in [-0.25, -0.2) is 4.98 Å². The Labute approximate surface area is 263 Å². The number of ether oxygens (including phenoxy) is 2. The maximum Gasteiger partial charge on any atom is 0.273 e. The van der Waals surface area contributed by atoms with Crippen molar-refractivity contribution in [2.45, 2.75) is 39.0 Å². The first-order chi connectivity index (χ1) is 21.0. The van der Waals surface area contributed by atoms with E-state index in [2.05, 4.69) is 31.2 Å². The van der Waals surface area contributed by atoms with Crippen LogP contribution in [0.3, 0.4) is 0 Å². The number of hydrogen-bond acceptors (Lipinski definition) is 8. The number of imide groups is 1. The average Bonchev–Trinajstić information content (AvgIpc) is 3.45. The molecule has 3 aromatic carbocycles. The number of hydrogen-bond donors (Lipinski definition) is 2. The van der Waals surface area contributed by atoms with E-state index in [1.807, 2.05) is 32.0 Å². The zero-order chi connectivity index (χ0) is 31.8. The molecule has 0 saturated heterocycles. The lowest BCUT2D eigenvalue weighted by molar-refractivity contribution is -0.385. The first-order valence-corrected chi connectivity index (χ1v) is 15.0. The fraction of sp³-hybridized carbons (Fsp3) is 0.344. The van der Waals surface area contributed by atoms with Gasteiger partial charge in [0, 0.05) is 34.3 Å². The topological polar surface area (TPSA) is 140 Å². The first kappa shape index (κ1) is 31.1. The van der Waals surface area contributed by atoms with Crippen LogP contribution in [0.25, 0.3) is 22.4 Å². The maximum absolute atomic E-state index is 13.9. The minimum absolute atomic E-state index is 0.0187. The lowest BCUT2D eigenvalue weighted by Crippen LogP contribution is -2.52. The Morgan fingerprint density at radius 1 is 1.09 bits per heavy atom. The van der Waals surface area contributed by atoms with E-state index in [0.717, 1.165) is 23.5 Å². The van der Waals surface area contributed by atoms with E-state index in [-0.39, 0.29) is 18.1 Å². The van der Waals surface area contributed by atoms with Gasteiger partial charge in [0.2, 0.25) is 5.91 Å². The maximum atomic E-state index is 13.9. The van der Waals surface area contributed by atoms with Crippen molar-refractivity contribution < 1.29 is 24.0 Å². The number of nitro benzene ring substituents is 1. The number of carbonyl (C=O) groups excluding carboxylic acids is 2. The number of fused-ring (bicyclic) bond motifs is 3. The molecular weight excluding hydrogens is 630 g/mol. The number of methoxy groups -OCH3 is 2. The Morgan fingerprint density at radius 2 is 1.86 bits per heavy atom. The van der Waals surface area contributed by atoms with Crippen LogP contribution in [0, 0.1) is 17.0 Å². The van der Waals surface area contributed by atoms with Crippen molar-refractivity contribution in [3.05, 3.63) is 79.3 Å². The molecule has 12 heteroatoms. The molecule has 1 aliphatic rings. The number of benzene rings is 3. The molecule has 0 spiro atoms. The molecule has 0 saturated carbocycles. The van der Waals surface area contributed by atoms with E-state index >= 15 is 0 Å². The highest BCUT2D eigenvalue weighted by atomic mass is 79.9. The third-order valence-electron chi connectivity index (χ3n) is 8.11. The third kappa shape index (κ3) is 5.67. The molecule has 2 amide bonds. The van der Waals surface area contributed by atoms with Gasteiger partial charge >= 0.3 is 0 Å². The zero-order valence-corrected chi connectivity index (χ0v) is 26.8. The number of imidazole rings is 1. The minimum Gasteiger partial charge on any atom is -0.497 e. The zero-order valence-electron chi connectivity index (χ0n) is 25.2. The highest BCUT2D eigenvalue weighted by Crippen LogP contribution is 2.41. The lowest BCUT2D eigenvalue weighted by Gasteiger charge is -2.37. The molecule has 0 fully saturated rings. The molecule has 0 unspecified atom stereocenters. The number of H-pyrrole nitrogens is 1. The van der Waals surface area contributed by atoms with Gasteiger partial charge in [0.25, 0.3) is 11.6 Å². The number of halogens is 1. The highest BCUT2D eigenvalue weighted by Gasteiger charge is 2.46. The van der Waals surface area contributed by atoms with E-state index < -0.39 is 16.2 Å². The predicted molar refractivity (Wildman–Crippen MR) is 170 cm³/mol. The molecule has 1 aromatic heterocycles. The van der Waals surface area contributed by atoms with Crippen molar-refractivity contribution in [2.24, 2.45) is 0 Å². The summed E-state index contributed by atoms with van der Waals surface area (Å²) in [4.78, 5) is 47.9. The van der Waals surface area contributed by atoms with Gasteiger partial charge in [0.1, 0.15) is 22.8 Å². The Bertz CT molecular complexity index is 1780. The number of amides is 2. The van der Waals surface area contributed by atoms with Crippen molar-refractivity contribution >= 4 is 44.5 Å². The quantitative estimate of drug-likeness (QED) is 0.0900. The lowest BCUT2D eigenvalue weighted by atomic mass is 9.76. The van der Waals surface area contributed by atoms with E-state index in [1.165, 1.54) is 11.0 Å². The molecule has 0 atom stereocenters. The largest absolute Gasteiger partial charge is 0.497 e. The fourth-order valence-corrected chi connectivity index (χ4v) is 6.10. The molecule has 11 nitrogen and oxygen atoms in total. The van der Waals surface area contributed by atoms with Crippen molar-refractivity contribution in [1.82, 2.24) is 20.2 Å². The number of nitro groups is 1. The van der Waals surface area contributed by atoms with Gasteiger partial charge in [-0.05, 0) is 85.9 Å². The molecule has 5 rings (SSSR count). The Kier molecular flexibility index (Phi) is 8.76. The summed E-state index contributed by atoms with van der Waals surface area (Å²) in [6.45, 7) is 6.86. The van der Waals surface area contributed by atoms with Crippen LogP contribution in [0.15, 0.2) is 46.9 Å². The van der Waals surface area contributed by atoms with E-state index in [9.17, 15) is 19.7 Å². The summed E-state index contributed by atoms with van der Waals surface area (Å²) in [6, 6.07) is 12.4. The highest BCUT2D eigenvalue weighted by molar-refractivity contribution is 9.10. The predicted octanol–water partition coefficient (Wildman–Crippen LogP) is 5.71. The minimum atomic E-state index is -0.966. The number of aryl methyl sites for hydroxylation is 1. The number of nitrogens with one attached hydrogen (secondary N) is 2. The molecule has 0 aliphatic carbocycles. The molecule has 0 radical (unpaired) electrons. The summed E-state index contributed by atoms with van der Waals surface area (Å²) >= 11 is 3.57. The Morgan fingerprint density at radius 3 is 2.57 bits per heavy atom. The number of aromatic amines is 1. The van der Waals surface area contributed by atoms with Crippen LogP contribution in [0.1, 0.15) is 47.3 Å². The van der Waals surface area contributed by atoms with Gasteiger partial charge in [-0.1, -0.05) is 18.2 Å². The van der Waals surface area contributed by atoms with Crippen LogP contribution >= 0.6 is 15.9 Å². The van der Waals surface area contributed by atoms with Crippen LogP contribution in [0.4, 0.5) is 5.69 Å². The van der Waals surface area contributed by atoms with Gasteiger partial charge < -0.3 is 19.8 Å². The van der Waals surface area contributed by atoms with Gasteiger partial charge in [0.15, 0.2) is 0 Å². The van der Waals surface area contributed by atoms with Crippen LogP contribution < -0.4 is 14.8 Å². The van der Waals surface area contributed by atoms with E-state index in [4.69, 9.17) is 9.47 Å². The second-order valence-corrected chi connectivity index (χ2v) is 12.1. The summed E-state index contributed by atoms with van der Waals surface area (Å²) in [5.74, 6) is 1.23. The van der Waals surface area contributed by atoms with Crippen molar-refractivity contribution in [2.75, 3.05) is 33.9 Å². The average molecular weight is 665 g/mol. The number of rotatable bonds is 11. The summed E-state index contributed by atoms with van der Waals surface area (Å²) in [7, 11) is 3.24. The van der Waals surface area contributed by atoms with Crippen molar-refractivity contribution in [3.63, 3.8) is 0 Å². The van der Waals surface area contributed by atoms with Crippen LogP contribution in [-0.2, 0) is 16.6 Å². The SMILES string of the molecule is COc1ccc(CCNCCCN2C(=O)c3c(cc(Br)c4nc(-c5ccc(C)c([N+](=O)[O-])c5)[nH]c34)C(C)(C)C2=O)c(OC)c1. The molecule has 44 heavy (non-hydrogen) atoms. The Balaban J connectivity index is 1.34. The van der Waals surface area contributed by atoms with Crippen LogP contribution in [-0.4, -0.2) is 65.5 Å².